The van der Waals surface area contributed by atoms with Crippen molar-refractivity contribution in [1.29, 1.82) is 0 Å². The van der Waals surface area contributed by atoms with Crippen molar-refractivity contribution >= 4 is 0 Å². The molecule has 0 N–H and O–H groups in total. The normalized spacial score (nSPS) is 27.8. The van der Waals surface area contributed by atoms with Crippen LogP contribution in [-0.4, -0.2) is 19.3 Å². The second kappa shape index (κ2) is 15.6. The number of hydrogen-bond acceptors (Lipinski definition) is 3. The summed E-state index contributed by atoms with van der Waals surface area (Å²) in [6.07, 6.45) is 8.34. The first-order valence-corrected chi connectivity index (χ1v) is 16.9. The molecular weight excluding hydrogens is 594 g/mol. The Bertz CT molecular complexity index is 1210. The van der Waals surface area contributed by atoms with E-state index in [0.717, 1.165) is 32.1 Å². The van der Waals surface area contributed by atoms with Crippen molar-refractivity contribution in [3.63, 3.8) is 0 Å². The molecule has 0 atom stereocenters. The summed E-state index contributed by atoms with van der Waals surface area (Å²) in [6.45, 7) is 3.47. The molecule has 9 heteroatoms. The first-order valence-electron chi connectivity index (χ1n) is 16.9. The quantitative estimate of drug-likeness (QED) is 0.131. The number of rotatable bonds is 12. The molecule has 2 saturated carbocycles. The summed E-state index contributed by atoms with van der Waals surface area (Å²) in [5.74, 6) is -5.72. The van der Waals surface area contributed by atoms with E-state index in [4.69, 9.17) is 9.47 Å². The highest BCUT2D eigenvalue weighted by Gasteiger charge is 2.45. The molecule has 5 rings (SSSR count). The molecule has 0 unspecified atom stereocenters. The number of halogens is 6. The number of ether oxygens (including phenoxy) is 3. The van der Waals surface area contributed by atoms with Crippen LogP contribution >= 0.6 is 0 Å². The first-order chi connectivity index (χ1) is 21.6. The van der Waals surface area contributed by atoms with E-state index in [1.165, 1.54) is 32.1 Å². The van der Waals surface area contributed by atoms with Crippen LogP contribution in [-0.2, 0) is 9.47 Å². The highest BCUT2D eigenvalue weighted by molar-refractivity contribution is 5.29. The van der Waals surface area contributed by atoms with Crippen molar-refractivity contribution in [3.05, 3.63) is 64.7 Å². The Balaban J connectivity index is 1.05. The van der Waals surface area contributed by atoms with Crippen LogP contribution in [0.4, 0.5) is 26.3 Å². The lowest BCUT2D eigenvalue weighted by Gasteiger charge is -2.39. The van der Waals surface area contributed by atoms with E-state index in [2.05, 4.69) is 11.7 Å². The third-order valence-electron chi connectivity index (χ3n) is 10.3. The van der Waals surface area contributed by atoms with Crippen molar-refractivity contribution in [3.8, 4) is 5.75 Å². The lowest BCUT2D eigenvalue weighted by atomic mass is 9.68. The summed E-state index contributed by atoms with van der Waals surface area (Å²) in [4.78, 5) is 0. The van der Waals surface area contributed by atoms with Crippen LogP contribution in [0.5, 0.6) is 5.75 Å². The fourth-order valence-electron chi connectivity index (χ4n) is 7.62. The van der Waals surface area contributed by atoms with E-state index in [1.54, 1.807) is 6.07 Å². The molecule has 0 aromatic heterocycles. The third kappa shape index (κ3) is 8.76. The van der Waals surface area contributed by atoms with Gasteiger partial charge in [-0.1, -0.05) is 51.2 Å². The van der Waals surface area contributed by atoms with Gasteiger partial charge in [-0.15, -0.1) is 0 Å². The number of unbranched alkanes of at least 4 members (excludes halogenated alkanes) is 4. The largest absolute Gasteiger partial charge is 0.432 e. The fourth-order valence-corrected chi connectivity index (χ4v) is 7.62. The summed E-state index contributed by atoms with van der Waals surface area (Å²) >= 11 is 0. The van der Waals surface area contributed by atoms with Gasteiger partial charge in [-0.05, 0) is 87.2 Å². The molecule has 3 nitrogen and oxygen atoms in total. The van der Waals surface area contributed by atoms with Gasteiger partial charge in [0.25, 0.3) is 0 Å². The Morgan fingerprint density at radius 3 is 1.93 bits per heavy atom. The monoisotopic (exact) mass is 640 g/mol. The molecule has 0 spiro atoms. The lowest BCUT2D eigenvalue weighted by Crippen LogP contribution is -2.38. The molecule has 0 bridgehead atoms. The Morgan fingerprint density at radius 2 is 1.33 bits per heavy atom. The second-order valence-corrected chi connectivity index (χ2v) is 13.4. The van der Waals surface area contributed by atoms with E-state index in [9.17, 15) is 22.0 Å². The topological polar surface area (TPSA) is 27.7 Å². The molecule has 0 amide bonds. The van der Waals surface area contributed by atoms with Crippen molar-refractivity contribution in [2.24, 2.45) is 23.7 Å². The minimum atomic E-state index is -3.62. The summed E-state index contributed by atoms with van der Waals surface area (Å²) in [6, 6.07) is 6.22. The highest BCUT2D eigenvalue weighted by Crippen LogP contribution is 2.47. The maximum Gasteiger partial charge on any atom is 0.400 e. The molecule has 3 fully saturated rings. The number of benzene rings is 2. The van der Waals surface area contributed by atoms with Crippen molar-refractivity contribution in [2.45, 2.75) is 115 Å². The lowest BCUT2D eigenvalue weighted by molar-refractivity contribution is -0.224. The Labute approximate surface area is 263 Å². The van der Waals surface area contributed by atoms with Gasteiger partial charge >= 0.3 is 6.11 Å². The van der Waals surface area contributed by atoms with Crippen LogP contribution < -0.4 is 4.74 Å². The summed E-state index contributed by atoms with van der Waals surface area (Å²) in [7, 11) is 0. The summed E-state index contributed by atoms with van der Waals surface area (Å²) in [5.41, 5.74) is 1.42. The van der Waals surface area contributed by atoms with E-state index in [-0.39, 0.29) is 24.6 Å². The smallest absolute Gasteiger partial charge is 0.400 e. The molecule has 1 heterocycles. The van der Waals surface area contributed by atoms with E-state index >= 15 is 4.39 Å². The molecular formula is C36H46F6O3. The zero-order valence-electron chi connectivity index (χ0n) is 26.2. The van der Waals surface area contributed by atoms with Crippen LogP contribution in [0.1, 0.15) is 120 Å². The minimum Gasteiger partial charge on any atom is -0.432 e. The zero-order chi connectivity index (χ0) is 32.0. The summed E-state index contributed by atoms with van der Waals surface area (Å²) < 4.78 is 102. The maximum absolute atomic E-state index is 15.3. The molecule has 2 aromatic carbocycles. The van der Waals surface area contributed by atoms with E-state index < -0.39 is 41.5 Å². The first kappa shape index (κ1) is 34.1. The number of hydrogen-bond donors (Lipinski definition) is 0. The van der Waals surface area contributed by atoms with Crippen molar-refractivity contribution < 1.29 is 40.6 Å². The second-order valence-electron chi connectivity index (χ2n) is 13.4. The van der Waals surface area contributed by atoms with Gasteiger partial charge in [0.05, 0.1) is 19.1 Å². The van der Waals surface area contributed by atoms with Crippen LogP contribution in [0.2, 0.25) is 0 Å². The summed E-state index contributed by atoms with van der Waals surface area (Å²) in [5, 5.41) is 0. The molecule has 2 aromatic rings. The number of alkyl halides is 2. The van der Waals surface area contributed by atoms with Crippen LogP contribution in [0, 0.1) is 46.9 Å². The third-order valence-corrected chi connectivity index (χ3v) is 10.3. The van der Waals surface area contributed by atoms with Crippen molar-refractivity contribution in [1.82, 2.24) is 0 Å². The van der Waals surface area contributed by atoms with Crippen LogP contribution in [0.3, 0.4) is 0 Å². The molecule has 1 saturated heterocycles. The SMILES string of the molecule is CCCCCCCC1COC(c2ccc(C3CCC(C4CCC(C(F)(F)Oc5cc(F)c(F)c(F)c5)CC4)CC3)c(F)c2)OC1. The Hall–Kier alpha value is -2.26. The van der Waals surface area contributed by atoms with Gasteiger partial charge in [0.2, 0.25) is 0 Å². The Morgan fingerprint density at radius 1 is 0.733 bits per heavy atom. The molecule has 3 aliphatic rings. The molecule has 2 aliphatic carbocycles. The van der Waals surface area contributed by atoms with E-state index in [0.29, 0.717) is 67.1 Å². The molecule has 45 heavy (non-hydrogen) atoms. The van der Waals surface area contributed by atoms with Gasteiger partial charge in [0, 0.05) is 23.6 Å². The minimum absolute atomic E-state index is 0.117. The predicted molar refractivity (Wildman–Crippen MR) is 160 cm³/mol. The van der Waals surface area contributed by atoms with Gasteiger partial charge in [0.1, 0.15) is 11.6 Å². The van der Waals surface area contributed by atoms with Crippen LogP contribution in [0.15, 0.2) is 30.3 Å². The van der Waals surface area contributed by atoms with Gasteiger partial charge in [0.15, 0.2) is 23.7 Å². The average Bonchev–Trinajstić information content (AvgIpc) is 3.04. The predicted octanol–water partition coefficient (Wildman–Crippen LogP) is 11.0. The zero-order valence-corrected chi connectivity index (χ0v) is 26.2. The average molecular weight is 641 g/mol. The molecule has 250 valence electrons. The van der Waals surface area contributed by atoms with E-state index in [1.807, 2.05) is 12.1 Å². The molecule has 0 radical (unpaired) electrons. The van der Waals surface area contributed by atoms with Crippen molar-refractivity contribution in [2.75, 3.05) is 13.2 Å². The molecule has 1 aliphatic heterocycles. The van der Waals surface area contributed by atoms with Gasteiger partial charge in [-0.2, -0.15) is 8.78 Å². The van der Waals surface area contributed by atoms with Gasteiger partial charge in [-0.25, -0.2) is 17.6 Å². The van der Waals surface area contributed by atoms with Gasteiger partial charge in [-0.3, -0.25) is 0 Å². The maximum atomic E-state index is 15.3. The standard InChI is InChI=1S/C36H46F6O3/c1-2-3-4-5-6-7-23-21-43-35(44-22-23)27-14-17-30(31(37)18-27)26-10-8-24(9-11-26)25-12-15-28(16-13-25)36(41,42)45-29-19-32(38)34(40)33(39)20-29/h14,17-20,23-26,28,35H,2-13,15-16,21-22H2,1H3. The highest BCUT2D eigenvalue weighted by atomic mass is 19.3. The van der Waals surface area contributed by atoms with Gasteiger partial charge < -0.3 is 14.2 Å². The Kier molecular flexibility index (Phi) is 11.8. The van der Waals surface area contributed by atoms with Crippen LogP contribution in [0.25, 0.3) is 0 Å². The fraction of sp³-hybridized carbons (Fsp3) is 0.667.